The van der Waals surface area contributed by atoms with E-state index in [0.717, 1.165) is 0 Å². The molecule has 19 heavy (non-hydrogen) atoms. The van der Waals surface area contributed by atoms with Gasteiger partial charge in [0.1, 0.15) is 16.4 Å². The Morgan fingerprint density at radius 1 is 1.32 bits per heavy atom. The first-order chi connectivity index (χ1) is 8.86. The van der Waals surface area contributed by atoms with Gasteiger partial charge < -0.3 is 9.15 Å². The average Bonchev–Trinajstić information content (AvgIpc) is 2.64. The number of furan rings is 1. The van der Waals surface area contributed by atoms with Gasteiger partial charge >= 0.3 is 0 Å². The van der Waals surface area contributed by atoms with Gasteiger partial charge in [0, 0.05) is 25.8 Å². The lowest BCUT2D eigenvalue weighted by Crippen LogP contribution is -2.31. The van der Waals surface area contributed by atoms with Crippen LogP contribution in [0.25, 0.3) is 0 Å². The Labute approximate surface area is 119 Å². The van der Waals surface area contributed by atoms with Gasteiger partial charge in [0.25, 0.3) is 0 Å². The Balaban J connectivity index is 3.06. The Hall–Kier alpha value is -0.560. The predicted molar refractivity (Wildman–Crippen MR) is 74.0 cm³/mol. The Bertz CT molecular complexity index is 524. The minimum Gasteiger partial charge on any atom is -0.465 e. The van der Waals surface area contributed by atoms with Crippen LogP contribution >= 0.6 is 11.6 Å². The van der Waals surface area contributed by atoms with Crippen molar-refractivity contribution in [2.45, 2.75) is 31.5 Å². The zero-order valence-electron chi connectivity index (χ0n) is 11.7. The smallest absolute Gasteiger partial charge is 0.246 e. The number of hydrogen-bond acceptors (Lipinski definition) is 4. The number of likely N-dealkylation sites (N-methyl/N-ethyl adjacent to an activating group) is 1. The van der Waals surface area contributed by atoms with Gasteiger partial charge in [-0.25, -0.2) is 8.42 Å². The third kappa shape index (κ3) is 3.51. The second kappa shape index (κ2) is 6.74. The SMILES string of the molecule is CCOCCN(C)S(=O)(=O)c1c(C)oc(C)c1CCl. The van der Waals surface area contributed by atoms with Crippen molar-refractivity contribution in [3.63, 3.8) is 0 Å². The van der Waals surface area contributed by atoms with Gasteiger partial charge in [0.2, 0.25) is 10.0 Å². The van der Waals surface area contributed by atoms with E-state index in [2.05, 4.69) is 0 Å². The quantitative estimate of drug-likeness (QED) is 0.573. The summed E-state index contributed by atoms with van der Waals surface area (Å²) in [5.41, 5.74) is 0.530. The molecule has 0 amide bonds. The number of ether oxygens (including phenoxy) is 1. The van der Waals surface area contributed by atoms with Gasteiger partial charge in [-0.3, -0.25) is 0 Å². The van der Waals surface area contributed by atoms with E-state index in [1.807, 2.05) is 6.92 Å². The van der Waals surface area contributed by atoms with Crippen LogP contribution in [0.2, 0.25) is 0 Å². The lowest BCUT2D eigenvalue weighted by molar-refractivity contribution is 0.138. The Morgan fingerprint density at radius 2 is 1.95 bits per heavy atom. The van der Waals surface area contributed by atoms with Crippen molar-refractivity contribution >= 4 is 21.6 Å². The number of alkyl halides is 1. The highest BCUT2D eigenvalue weighted by molar-refractivity contribution is 7.89. The monoisotopic (exact) mass is 309 g/mol. The third-order valence-corrected chi connectivity index (χ3v) is 5.20. The molecule has 0 unspecified atom stereocenters. The molecule has 0 N–H and O–H groups in total. The predicted octanol–water partition coefficient (Wildman–Crippen LogP) is 2.29. The lowest BCUT2D eigenvalue weighted by Gasteiger charge is -2.17. The van der Waals surface area contributed by atoms with Crippen LogP contribution in [-0.2, 0) is 20.6 Å². The molecule has 1 rings (SSSR count). The van der Waals surface area contributed by atoms with Crippen molar-refractivity contribution in [2.24, 2.45) is 0 Å². The fourth-order valence-electron chi connectivity index (χ4n) is 1.82. The van der Waals surface area contributed by atoms with E-state index in [4.69, 9.17) is 20.8 Å². The zero-order chi connectivity index (χ0) is 14.6. The zero-order valence-corrected chi connectivity index (χ0v) is 13.3. The third-order valence-electron chi connectivity index (χ3n) is 2.88. The molecule has 0 radical (unpaired) electrons. The molecule has 1 heterocycles. The first-order valence-electron chi connectivity index (χ1n) is 6.05. The van der Waals surface area contributed by atoms with Gasteiger partial charge in [0.15, 0.2) is 0 Å². The van der Waals surface area contributed by atoms with Gasteiger partial charge in [0.05, 0.1) is 12.5 Å². The average molecular weight is 310 g/mol. The molecule has 5 nitrogen and oxygen atoms in total. The highest BCUT2D eigenvalue weighted by Gasteiger charge is 2.29. The molecular weight excluding hydrogens is 290 g/mol. The van der Waals surface area contributed by atoms with Crippen LogP contribution in [0, 0.1) is 13.8 Å². The van der Waals surface area contributed by atoms with E-state index in [-0.39, 0.29) is 10.8 Å². The first-order valence-corrected chi connectivity index (χ1v) is 8.02. The van der Waals surface area contributed by atoms with Gasteiger partial charge in [-0.15, -0.1) is 11.6 Å². The number of halogens is 1. The molecule has 110 valence electrons. The molecule has 0 saturated heterocycles. The minimum atomic E-state index is -3.60. The fourth-order valence-corrected chi connectivity index (χ4v) is 3.78. The normalized spacial score (nSPS) is 12.3. The summed E-state index contributed by atoms with van der Waals surface area (Å²) in [5.74, 6) is 1.03. The van der Waals surface area contributed by atoms with E-state index in [9.17, 15) is 8.42 Å². The number of rotatable bonds is 7. The summed E-state index contributed by atoms with van der Waals surface area (Å²) in [5, 5.41) is 0. The molecule has 1 aromatic heterocycles. The van der Waals surface area contributed by atoms with Crippen molar-refractivity contribution in [1.29, 1.82) is 0 Å². The van der Waals surface area contributed by atoms with Crippen molar-refractivity contribution < 1.29 is 17.6 Å². The van der Waals surface area contributed by atoms with Crippen LogP contribution in [0.15, 0.2) is 9.31 Å². The number of hydrogen-bond donors (Lipinski definition) is 0. The van der Waals surface area contributed by atoms with Crippen molar-refractivity contribution in [3.05, 3.63) is 17.1 Å². The molecule has 0 fully saturated rings. The standard InChI is InChI=1S/C12H20ClNO4S/c1-5-17-7-6-14(4)19(15,16)12-10(3)18-9(2)11(12)8-13/h5-8H2,1-4H3. The van der Waals surface area contributed by atoms with E-state index in [1.54, 1.807) is 13.8 Å². The molecule has 7 heteroatoms. The number of aryl methyl sites for hydroxylation is 2. The first kappa shape index (κ1) is 16.5. The highest BCUT2D eigenvalue weighted by Crippen LogP contribution is 2.29. The largest absolute Gasteiger partial charge is 0.465 e. The Morgan fingerprint density at radius 3 is 2.47 bits per heavy atom. The summed E-state index contributed by atoms with van der Waals surface area (Å²) in [6.45, 7) is 6.42. The summed E-state index contributed by atoms with van der Waals surface area (Å²) < 4.78 is 36.8. The fraction of sp³-hybridized carbons (Fsp3) is 0.667. The molecular formula is C12H20ClNO4S. The molecule has 0 aromatic carbocycles. The molecule has 0 atom stereocenters. The van der Waals surface area contributed by atoms with E-state index in [0.29, 0.717) is 36.8 Å². The molecule has 0 saturated carbocycles. The maximum Gasteiger partial charge on any atom is 0.246 e. The molecule has 0 aliphatic heterocycles. The summed E-state index contributed by atoms with van der Waals surface area (Å²) >= 11 is 5.82. The van der Waals surface area contributed by atoms with Crippen molar-refractivity contribution in [1.82, 2.24) is 4.31 Å². The maximum atomic E-state index is 12.5. The molecule has 0 spiro atoms. The van der Waals surface area contributed by atoms with Crippen LogP contribution in [0.3, 0.4) is 0 Å². The minimum absolute atomic E-state index is 0.108. The van der Waals surface area contributed by atoms with Crippen LogP contribution in [-0.4, -0.2) is 39.5 Å². The molecule has 1 aromatic rings. The summed E-state index contributed by atoms with van der Waals surface area (Å²) in [4.78, 5) is 0.180. The van der Waals surface area contributed by atoms with Gasteiger partial charge in [-0.2, -0.15) is 4.31 Å². The molecule has 0 aliphatic carbocycles. The van der Waals surface area contributed by atoms with E-state index < -0.39 is 10.0 Å². The maximum absolute atomic E-state index is 12.5. The molecule has 0 bridgehead atoms. The van der Waals surface area contributed by atoms with E-state index >= 15 is 0 Å². The second-order valence-electron chi connectivity index (χ2n) is 4.18. The summed E-state index contributed by atoms with van der Waals surface area (Å²) in [6, 6.07) is 0. The summed E-state index contributed by atoms with van der Waals surface area (Å²) in [7, 11) is -2.07. The van der Waals surface area contributed by atoms with Crippen LogP contribution in [0.1, 0.15) is 24.0 Å². The number of sulfonamides is 1. The summed E-state index contributed by atoms with van der Waals surface area (Å²) in [6.07, 6.45) is 0. The van der Waals surface area contributed by atoms with Crippen molar-refractivity contribution in [3.8, 4) is 0 Å². The van der Waals surface area contributed by atoms with Gasteiger partial charge in [-0.05, 0) is 20.8 Å². The topological polar surface area (TPSA) is 59.8 Å². The van der Waals surface area contributed by atoms with Gasteiger partial charge in [-0.1, -0.05) is 0 Å². The van der Waals surface area contributed by atoms with Crippen LogP contribution in [0.5, 0.6) is 0 Å². The highest BCUT2D eigenvalue weighted by atomic mass is 35.5. The second-order valence-corrected chi connectivity index (χ2v) is 6.43. The lowest BCUT2D eigenvalue weighted by atomic mass is 10.3. The Kier molecular flexibility index (Phi) is 5.85. The van der Waals surface area contributed by atoms with E-state index in [1.165, 1.54) is 11.4 Å². The van der Waals surface area contributed by atoms with Crippen LogP contribution in [0.4, 0.5) is 0 Å². The molecule has 0 aliphatic rings. The van der Waals surface area contributed by atoms with Crippen molar-refractivity contribution in [2.75, 3.05) is 26.8 Å². The van der Waals surface area contributed by atoms with Crippen LogP contribution < -0.4 is 0 Å². The number of nitrogens with zero attached hydrogens (tertiary/aromatic N) is 1.